The fourth-order valence-electron chi connectivity index (χ4n) is 3.67. The minimum atomic E-state index is -0.905. The Morgan fingerprint density at radius 3 is 1.17 bits per heavy atom. The zero-order valence-electron chi connectivity index (χ0n) is 14.9. The van der Waals surface area contributed by atoms with Gasteiger partial charge in [-0.2, -0.15) is 0 Å². The molecule has 1 aliphatic heterocycles. The van der Waals surface area contributed by atoms with Crippen LogP contribution in [0, 0.1) is 41.5 Å². The summed E-state index contributed by atoms with van der Waals surface area (Å²) in [6.07, 6.45) is 4.55. The van der Waals surface area contributed by atoms with Gasteiger partial charge in [0.15, 0.2) is 0 Å². The topological polar surface area (TPSA) is 6.48 Å². The second-order valence-electron chi connectivity index (χ2n) is 6.63. The molecule has 3 rings (SSSR count). The van der Waals surface area contributed by atoms with Gasteiger partial charge in [-0.1, -0.05) is 0 Å². The molecule has 2 aromatic rings. The fourth-order valence-corrected chi connectivity index (χ4v) is 7.68. The fraction of sp³-hybridized carbons (Fsp3) is 0.300. The molecule has 2 nitrogen and oxygen atoms in total. The van der Waals surface area contributed by atoms with Gasteiger partial charge in [0.05, 0.1) is 0 Å². The third-order valence-corrected chi connectivity index (χ3v) is 7.69. The molecule has 3 heteroatoms. The monoisotopic (exact) mass is 412 g/mol. The molecule has 0 saturated heterocycles. The third kappa shape index (κ3) is 3.14. The van der Waals surface area contributed by atoms with Gasteiger partial charge in [-0.25, -0.2) is 0 Å². The van der Waals surface area contributed by atoms with Crippen molar-refractivity contribution in [3.63, 3.8) is 0 Å². The number of aryl methyl sites for hydroxylation is 6. The number of hydrogen-bond donors (Lipinski definition) is 0. The molecular weight excluding hydrogens is 387 g/mol. The van der Waals surface area contributed by atoms with Gasteiger partial charge >= 0.3 is 151 Å². The summed E-state index contributed by atoms with van der Waals surface area (Å²) in [5.74, 6) is 0. The van der Waals surface area contributed by atoms with E-state index in [0.29, 0.717) is 0 Å². The molecule has 0 fully saturated rings. The van der Waals surface area contributed by atoms with Gasteiger partial charge in [0.25, 0.3) is 0 Å². The molecular formula is C20H24N2Sn. The van der Waals surface area contributed by atoms with E-state index in [-0.39, 0.29) is 0 Å². The van der Waals surface area contributed by atoms with E-state index in [1.807, 2.05) is 0 Å². The second kappa shape index (κ2) is 6.23. The van der Waals surface area contributed by atoms with E-state index < -0.39 is 21.7 Å². The van der Waals surface area contributed by atoms with Crippen molar-refractivity contribution >= 4 is 33.1 Å². The molecule has 1 aliphatic rings. The first-order chi connectivity index (χ1) is 10.9. The maximum absolute atomic E-state index is 2.52. The van der Waals surface area contributed by atoms with Crippen molar-refractivity contribution in [3.8, 4) is 0 Å². The van der Waals surface area contributed by atoms with E-state index in [4.69, 9.17) is 0 Å². The summed E-state index contributed by atoms with van der Waals surface area (Å²) in [6.45, 7) is 13.3. The average molecular weight is 411 g/mol. The summed E-state index contributed by atoms with van der Waals surface area (Å²) >= 11 is -0.905. The molecule has 1 heterocycles. The number of rotatable bonds is 2. The first kappa shape index (κ1) is 16.4. The van der Waals surface area contributed by atoms with Crippen LogP contribution in [0.1, 0.15) is 33.4 Å². The van der Waals surface area contributed by atoms with Gasteiger partial charge in [-0.3, -0.25) is 0 Å². The van der Waals surface area contributed by atoms with E-state index in [9.17, 15) is 0 Å². The molecule has 118 valence electrons. The minimum absolute atomic E-state index is 0.905. The number of anilines is 2. The maximum atomic E-state index is 2.52. The van der Waals surface area contributed by atoms with Crippen LogP contribution in [0.2, 0.25) is 0 Å². The van der Waals surface area contributed by atoms with E-state index in [2.05, 4.69) is 84.5 Å². The summed E-state index contributed by atoms with van der Waals surface area (Å²) in [6, 6.07) is 9.17. The van der Waals surface area contributed by atoms with Crippen LogP contribution in [0.4, 0.5) is 11.4 Å². The van der Waals surface area contributed by atoms with E-state index in [0.717, 1.165) is 0 Å². The van der Waals surface area contributed by atoms with Crippen molar-refractivity contribution in [3.05, 3.63) is 70.0 Å². The third-order valence-electron chi connectivity index (χ3n) is 4.33. The normalized spacial score (nSPS) is 14.0. The van der Waals surface area contributed by atoms with Crippen LogP contribution in [-0.2, 0) is 0 Å². The number of hydrogen-bond acceptors (Lipinski definition) is 2. The van der Waals surface area contributed by atoms with Crippen molar-refractivity contribution in [2.75, 3.05) is 6.24 Å². The molecule has 0 atom stereocenters. The van der Waals surface area contributed by atoms with Gasteiger partial charge in [0, 0.05) is 0 Å². The molecule has 0 aliphatic carbocycles. The van der Waals surface area contributed by atoms with Crippen molar-refractivity contribution in [1.82, 2.24) is 0 Å². The predicted octanol–water partition coefficient (Wildman–Crippen LogP) is 4.87. The number of benzene rings is 2. The summed E-state index contributed by atoms with van der Waals surface area (Å²) in [5, 5.41) is 0. The van der Waals surface area contributed by atoms with Gasteiger partial charge in [-0.05, 0) is 0 Å². The van der Waals surface area contributed by atoms with Gasteiger partial charge < -0.3 is 0 Å². The van der Waals surface area contributed by atoms with Crippen LogP contribution in [0.3, 0.4) is 0 Å². The first-order valence-electron chi connectivity index (χ1n) is 8.05. The Balaban J connectivity index is 1.93. The summed E-state index contributed by atoms with van der Waals surface area (Å²) in [7, 11) is 0. The van der Waals surface area contributed by atoms with E-state index in [1.165, 1.54) is 44.8 Å². The molecule has 0 aromatic heterocycles. The van der Waals surface area contributed by atoms with Crippen LogP contribution in [0.25, 0.3) is 0 Å². The molecule has 0 spiro atoms. The molecule has 23 heavy (non-hydrogen) atoms. The molecule has 0 amide bonds. The van der Waals surface area contributed by atoms with Crippen LogP contribution in [0.15, 0.2) is 36.7 Å². The predicted molar refractivity (Wildman–Crippen MR) is 101 cm³/mol. The van der Waals surface area contributed by atoms with Gasteiger partial charge in [0.2, 0.25) is 0 Å². The van der Waals surface area contributed by atoms with Crippen LogP contribution in [-0.4, -0.2) is 21.7 Å². The molecule has 2 aromatic carbocycles. The van der Waals surface area contributed by atoms with Crippen molar-refractivity contribution in [2.24, 2.45) is 0 Å². The van der Waals surface area contributed by atoms with Crippen LogP contribution >= 0.6 is 0 Å². The summed E-state index contributed by atoms with van der Waals surface area (Å²) in [5.41, 5.74) is 11.0. The molecule has 0 saturated carbocycles. The first-order valence-corrected chi connectivity index (χ1v) is 10.6. The molecule has 2 radical (unpaired) electrons. The molecule has 0 bridgehead atoms. The quantitative estimate of drug-likeness (QED) is 0.651. The van der Waals surface area contributed by atoms with Crippen LogP contribution in [0.5, 0.6) is 0 Å². The van der Waals surface area contributed by atoms with Gasteiger partial charge in [0.1, 0.15) is 0 Å². The second-order valence-corrected chi connectivity index (χ2v) is 9.95. The van der Waals surface area contributed by atoms with Crippen molar-refractivity contribution in [2.45, 2.75) is 41.5 Å². The Bertz CT molecular complexity index is 681. The zero-order valence-corrected chi connectivity index (χ0v) is 17.7. The van der Waals surface area contributed by atoms with Crippen molar-refractivity contribution < 1.29 is 0 Å². The average Bonchev–Trinajstić information content (AvgIpc) is 2.85. The Morgan fingerprint density at radius 2 is 0.870 bits per heavy atom. The van der Waals surface area contributed by atoms with Gasteiger partial charge in [-0.15, -0.1) is 0 Å². The Kier molecular flexibility index (Phi) is 4.45. The molecule has 0 unspecified atom stereocenters. The number of nitrogens with zero attached hydrogens (tertiary/aromatic N) is 2. The SMILES string of the molecule is Cc1cc(C)c([N]2C=C[N](c3c(C)cc(C)cc3C)[Sn]2)c(C)c1. The standard InChI is InChI=1S/C20H24N2.Sn/c1-13-9-15(3)19(16(4)10-13)21-7-8-22-20-17(5)11-14(2)12-18(20)6;/h7-12H,1-6H3;/q-2;+2. The Morgan fingerprint density at radius 1 is 0.565 bits per heavy atom. The van der Waals surface area contributed by atoms with Crippen molar-refractivity contribution in [1.29, 1.82) is 0 Å². The molecule has 0 N–H and O–H groups in total. The van der Waals surface area contributed by atoms with Crippen LogP contribution < -0.4 is 6.24 Å². The van der Waals surface area contributed by atoms with E-state index in [1.54, 1.807) is 0 Å². The summed E-state index contributed by atoms with van der Waals surface area (Å²) in [4.78, 5) is 0. The summed E-state index contributed by atoms with van der Waals surface area (Å²) < 4.78 is 5.04. The Hall–Kier alpha value is -1.42. The zero-order chi connectivity index (χ0) is 16.7. The Labute approximate surface area is 150 Å². The van der Waals surface area contributed by atoms with E-state index >= 15 is 0 Å².